The van der Waals surface area contributed by atoms with E-state index in [0.717, 1.165) is 11.9 Å². The zero-order valence-corrected chi connectivity index (χ0v) is 9.18. The van der Waals surface area contributed by atoms with Crippen LogP contribution in [0, 0.1) is 17.3 Å². The maximum absolute atomic E-state index is 11.1. The van der Waals surface area contributed by atoms with Gasteiger partial charge in [-0.2, -0.15) is 0 Å². The fraction of sp³-hybridized carbons (Fsp3) is 0.357. The standard InChI is InChI=1S/C14H16O/c1-11-6-7-12-4-3-5-13(10-15)14(12,2)9-8-11/h3-12H,1-2H3. The lowest BCUT2D eigenvalue weighted by atomic mass is 9.69. The second-order valence-electron chi connectivity index (χ2n) is 4.54. The third-order valence-corrected chi connectivity index (χ3v) is 3.40. The maximum atomic E-state index is 11.1. The van der Waals surface area contributed by atoms with E-state index in [1.165, 1.54) is 0 Å². The van der Waals surface area contributed by atoms with E-state index in [9.17, 15) is 4.79 Å². The summed E-state index contributed by atoms with van der Waals surface area (Å²) in [5.41, 5.74) is 0.711. The van der Waals surface area contributed by atoms with Crippen LogP contribution >= 0.6 is 0 Å². The zero-order chi connectivity index (χ0) is 10.9. The summed E-state index contributed by atoms with van der Waals surface area (Å²) in [6.07, 6.45) is 15.8. The first-order chi connectivity index (χ1) is 7.16. The summed E-state index contributed by atoms with van der Waals surface area (Å²) in [6.45, 7) is 4.28. The summed E-state index contributed by atoms with van der Waals surface area (Å²) in [5, 5.41) is 0. The number of aldehydes is 1. The van der Waals surface area contributed by atoms with Crippen molar-refractivity contribution < 1.29 is 4.79 Å². The van der Waals surface area contributed by atoms with Crippen molar-refractivity contribution in [3.8, 4) is 0 Å². The predicted molar refractivity (Wildman–Crippen MR) is 62.3 cm³/mol. The molecule has 0 spiro atoms. The zero-order valence-electron chi connectivity index (χ0n) is 9.18. The van der Waals surface area contributed by atoms with Crippen molar-refractivity contribution in [1.82, 2.24) is 0 Å². The molecule has 0 aliphatic heterocycles. The quantitative estimate of drug-likeness (QED) is 0.469. The minimum absolute atomic E-state index is 0.155. The van der Waals surface area contributed by atoms with Crippen LogP contribution in [0.2, 0.25) is 0 Å². The first kappa shape index (κ1) is 10.2. The van der Waals surface area contributed by atoms with E-state index in [4.69, 9.17) is 0 Å². The molecule has 0 radical (unpaired) electrons. The molecule has 3 unspecified atom stereocenters. The van der Waals surface area contributed by atoms with Gasteiger partial charge in [-0.1, -0.05) is 56.4 Å². The number of hydrogen-bond donors (Lipinski definition) is 0. The van der Waals surface area contributed by atoms with Crippen LogP contribution in [0.5, 0.6) is 0 Å². The van der Waals surface area contributed by atoms with Crippen LogP contribution in [0.3, 0.4) is 0 Å². The van der Waals surface area contributed by atoms with Gasteiger partial charge in [-0.05, 0) is 5.92 Å². The Hall–Kier alpha value is -1.37. The number of hydrogen-bond acceptors (Lipinski definition) is 1. The number of fused-ring (bicyclic) bond motifs is 1. The largest absolute Gasteiger partial charge is 0.298 e. The van der Waals surface area contributed by atoms with Crippen LogP contribution in [-0.4, -0.2) is 6.29 Å². The summed E-state index contributed by atoms with van der Waals surface area (Å²) in [4.78, 5) is 11.1. The van der Waals surface area contributed by atoms with E-state index in [1.807, 2.05) is 12.2 Å². The van der Waals surface area contributed by atoms with E-state index in [-0.39, 0.29) is 5.41 Å². The van der Waals surface area contributed by atoms with Gasteiger partial charge in [-0.3, -0.25) is 4.79 Å². The molecule has 2 aliphatic carbocycles. The van der Waals surface area contributed by atoms with Gasteiger partial charge in [0.15, 0.2) is 0 Å². The van der Waals surface area contributed by atoms with Gasteiger partial charge in [-0.15, -0.1) is 0 Å². The first-order valence-electron chi connectivity index (χ1n) is 5.38. The van der Waals surface area contributed by atoms with Gasteiger partial charge >= 0.3 is 0 Å². The Morgan fingerprint density at radius 2 is 2.07 bits per heavy atom. The molecular weight excluding hydrogens is 184 g/mol. The van der Waals surface area contributed by atoms with E-state index < -0.39 is 0 Å². The topological polar surface area (TPSA) is 17.1 Å². The lowest BCUT2D eigenvalue weighted by molar-refractivity contribution is -0.105. The fourth-order valence-electron chi connectivity index (χ4n) is 2.20. The average Bonchev–Trinajstić information content (AvgIpc) is 2.38. The normalized spacial score (nSPS) is 38.1. The van der Waals surface area contributed by atoms with Gasteiger partial charge in [0.2, 0.25) is 0 Å². The van der Waals surface area contributed by atoms with Gasteiger partial charge in [0, 0.05) is 16.9 Å². The second-order valence-corrected chi connectivity index (χ2v) is 4.54. The Balaban J connectivity index is 2.48. The Kier molecular flexibility index (Phi) is 2.47. The van der Waals surface area contributed by atoms with Gasteiger partial charge < -0.3 is 0 Å². The van der Waals surface area contributed by atoms with Crippen molar-refractivity contribution in [1.29, 1.82) is 0 Å². The molecular formula is C14H16O. The minimum Gasteiger partial charge on any atom is -0.298 e. The highest BCUT2D eigenvalue weighted by atomic mass is 16.1. The van der Waals surface area contributed by atoms with Crippen LogP contribution in [0.4, 0.5) is 0 Å². The van der Waals surface area contributed by atoms with Gasteiger partial charge in [0.05, 0.1) is 0 Å². The van der Waals surface area contributed by atoms with Gasteiger partial charge in [0.25, 0.3) is 0 Å². The van der Waals surface area contributed by atoms with Crippen molar-refractivity contribution >= 4 is 6.29 Å². The van der Waals surface area contributed by atoms with Crippen LogP contribution in [0.25, 0.3) is 0 Å². The molecule has 0 aromatic heterocycles. The SMILES string of the molecule is CC1C=CC2C=CC=C(C=O)C2(C)C=C1. The van der Waals surface area contributed by atoms with E-state index in [0.29, 0.717) is 11.8 Å². The third kappa shape index (κ3) is 1.63. The molecule has 0 aromatic carbocycles. The van der Waals surface area contributed by atoms with Gasteiger partial charge in [0.1, 0.15) is 6.29 Å². The van der Waals surface area contributed by atoms with Crippen molar-refractivity contribution in [3.63, 3.8) is 0 Å². The van der Waals surface area contributed by atoms with Crippen LogP contribution in [-0.2, 0) is 4.79 Å². The van der Waals surface area contributed by atoms with Crippen LogP contribution < -0.4 is 0 Å². The molecule has 0 N–H and O–H groups in total. The highest BCUT2D eigenvalue weighted by molar-refractivity contribution is 5.78. The summed E-state index contributed by atoms with van der Waals surface area (Å²) < 4.78 is 0. The highest BCUT2D eigenvalue weighted by Crippen LogP contribution is 2.42. The van der Waals surface area contributed by atoms with Crippen LogP contribution in [0.15, 0.2) is 48.1 Å². The second kappa shape index (κ2) is 3.65. The molecule has 0 saturated carbocycles. The lowest BCUT2D eigenvalue weighted by Crippen LogP contribution is -2.27. The maximum Gasteiger partial charge on any atom is 0.146 e. The molecule has 0 fully saturated rings. The average molecular weight is 200 g/mol. The molecule has 78 valence electrons. The molecule has 1 nitrogen and oxygen atoms in total. The minimum atomic E-state index is -0.155. The van der Waals surface area contributed by atoms with Crippen molar-refractivity contribution in [3.05, 3.63) is 48.1 Å². The Bertz CT molecular complexity index is 384. The summed E-state index contributed by atoms with van der Waals surface area (Å²) >= 11 is 0. The predicted octanol–water partition coefficient (Wildman–Crippen LogP) is 3.07. The molecule has 0 heterocycles. The molecule has 0 bridgehead atoms. The lowest BCUT2D eigenvalue weighted by Gasteiger charge is -2.33. The summed E-state index contributed by atoms with van der Waals surface area (Å²) in [5.74, 6) is 0.762. The summed E-state index contributed by atoms with van der Waals surface area (Å²) in [6, 6.07) is 0. The number of rotatable bonds is 1. The molecule has 0 saturated heterocycles. The van der Waals surface area contributed by atoms with Crippen molar-refractivity contribution in [2.24, 2.45) is 17.3 Å². The third-order valence-electron chi connectivity index (χ3n) is 3.40. The molecule has 1 heteroatoms. The monoisotopic (exact) mass is 200 g/mol. The Morgan fingerprint density at radius 1 is 1.27 bits per heavy atom. The van der Waals surface area contributed by atoms with E-state index in [2.05, 4.69) is 44.2 Å². The summed E-state index contributed by atoms with van der Waals surface area (Å²) in [7, 11) is 0. The van der Waals surface area contributed by atoms with Crippen LogP contribution in [0.1, 0.15) is 13.8 Å². The number of allylic oxidation sites excluding steroid dienone is 8. The smallest absolute Gasteiger partial charge is 0.146 e. The number of carbonyl (C=O) groups excluding carboxylic acids is 1. The van der Waals surface area contributed by atoms with E-state index in [1.54, 1.807) is 0 Å². The van der Waals surface area contributed by atoms with Crippen molar-refractivity contribution in [2.75, 3.05) is 0 Å². The van der Waals surface area contributed by atoms with E-state index >= 15 is 0 Å². The molecule has 2 rings (SSSR count). The molecule has 0 amide bonds. The molecule has 0 aromatic rings. The number of carbonyl (C=O) groups is 1. The first-order valence-corrected chi connectivity index (χ1v) is 5.38. The van der Waals surface area contributed by atoms with Gasteiger partial charge in [-0.25, -0.2) is 0 Å². The molecule has 3 atom stereocenters. The van der Waals surface area contributed by atoms with Crippen molar-refractivity contribution in [2.45, 2.75) is 13.8 Å². The Morgan fingerprint density at radius 3 is 2.80 bits per heavy atom. The Labute approximate surface area is 90.9 Å². The molecule has 15 heavy (non-hydrogen) atoms. The molecule has 2 aliphatic rings. The highest BCUT2D eigenvalue weighted by Gasteiger charge is 2.34. The fourth-order valence-corrected chi connectivity index (χ4v) is 2.20.